The quantitative estimate of drug-likeness (QED) is 0.424. The van der Waals surface area contributed by atoms with Gasteiger partial charge in [-0.2, -0.15) is 0 Å². The van der Waals surface area contributed by atoms with Crippen molar-refractivity contribution in [3.05, 3.63) is 64.9 Å². The van der Waals surface area contributed by atoms with Crippen LogP contribution in [-0.4, -0.2) is 57.3 Å². The number of benzene rings is 2. The van der Waals surface area contributed by atoms with Gasteiger partial charge >= 0.3 is 0 Å². The zero-order valence-corrected chi connectivity index (χ0v) is 18.9. The molecule has 164 valence electrons. The normalized spacial score (nSPS) is 11.8. The first kappa shape index (κ1) is 21.4. The topological polar surface area (TPSA) is 95.3 Å². The summed E-state index contributed by atoms with van der Waals surface area (Å²) in [6.45, 7) is 1.95. The zero-order chi connectivity index (χ0) is 22.7. The minimum atomic E-state index is -0.172. The molecule has 2 heterocycles. The number of thiazole rings is 1. The number of rotatable bonds is 7. The predicted molar refractivity (Wildman–Crippen MR) is 120 cm³/mol. The van der Waals surface area contributed by atoms with E-state index in [0.29, 0.717) is 22.7 Å². The maximum atomic E-state index is 13.5. The highest BCUT2D eigenvalue weighted by Crippen LogP contribution is 2.39. The Labute approximate surface area is 189 Å². The second kappa shape index (κ2) is 9.15. The molecule has 9 nitrogen and oxygen atoms in total. The van der Waals surface area contributed by atoms with Gasteiger partial charge in [0.15, 0.2) is 11.5 Å². The van der Waals surface area contributed by atoms with E-state index in [1.54, 1.807) is 38.4 Å². The summed E-state index contributed by atoms with van der Waals surface area (Å²) in [5.74, 6) is 1.03. The van der Waals surface area contributed by atoms with Crippen molar-refractivity contribution < 1.29 is 14.3 Å². The number of amides is 1. The van der Waals surface area contributed by atoms with Gasteiger partial charge in [-0.25, -0.2) is 9.67 Å². The van der Waals surface area contributed by atoms with Crippen LogP contribution in [0, 0.1) is 0 Å². The van der Waals surface area contributed by atoms with Gasteiger partial charge in [0.05, 0.1) is 25.9 Å². The molecule has 2 aromatic heterocycles. The average molecular weight is 451 g/mol. The lowest BCUT2D eigenvalue weighted by atomic mass is 9.99. The van der Waals surface area contributed by atoms with Gasteiger partial charge in [0, 0.05) is 29.8 Å². The third kappa shape index (κ3) is 4.04. The van der Waals surface area contributed by atoms with Crippen LogP contribution in [0.4, 0.5) is 0 Å². The average Bonchev–Trinajstić information content (AvgIpc) is 3.56. The monoisotopic (exact) mass is 450 g/mol. The molecule has 4 aromatic rings. The van der Waals surface area contributed by atoms with Crippen LogP contribution in [0.15, 0.2) is 54.3 Å². The molecule has 0 aliphatic rings. The Kier molecular flexibility index (Phi) is 6.13. The molecule has 0 N–H and O–H groups in total. The highest BCUT2D eigenvalue weighted by Gasteiger charge is 2.23. The van der Waals surface area contributed by atoms with Crippen molar-refractivity contribution >= 4 is 17.2 Å². The number of hydrogen-bond acceptors (Lipinski definition) is 8. The van der Waals surface area contributed by atoms with Crippen LogP contribution in [0.1, 0.15) is 28.3 Å². The van der Waals surface area contributed by atoms with E-state index in [-0.39, 0.29) is 11.9 Å². The summed E-state index contributed by atoms with van der Waals surface area (Å²) in [6, 6.07) is 10.9. The zero-order valence-electron chi connectivity index (χ0n) is 18.1. The van der Waals surface area contributed by atoms with Crippen molar-refractivity contribution in [2.24, 2.45) is 0 Å². The number of para-hydroxylation sites is 1. The predicted octanol–water partition coefficient (Wildman–Crippen LogP) is 3.64. The molecule has 0 unspecified atom stereocenters. The maximum absolute atomic E-state index is 13.5. The molecular weight excluding hydrogens is 428 g/mol. The summed E-state index contributed by atoms with van der Waals surface area (Å²) < 4.78 is 12.6. The van der Waals surface area contributed by atoms with Gasteiger partial charge in [0.1, 0.15) is 11.3 Å². The van der Waals surface area contributed by atoms with Gasteiger partial charge in [-0.1, -0.05) is 12.1 Å². The van der Waals surface area contributed by atoms with E-state index >= 15 is 0 Å². The van der Waals surface area contributed by atoms with Gasteiger partial charge in [0.2, 0.25) is 0 Å². The van der Waals surface area contributed by atoms with Crippen molar-refractivity contribution in [3.8, 4) is 28.3 Å². The van der Waals surface area contributed by atoms with Crippen LogP contribution in [0.2, 0.25) is 0 Å². The summed E-state index contributed by atoms with van der Waals surface area (Å²) >= 11 is 1.52. The number of tetrazole rings is 1. The molecule has 0 fully saturated rings. The van der Waals surface area contributed by atoms with Crippen molar-refractivity contribution in [1.29, 1.82) is 0 Å². The molecule has 1 amide bonds. The summed E-state index contributed by atoms with van der Waals surface area (Å²) in [6.07, 6.45) is 3.22. The van der Waals surface area contributed by atoms with Crippen LogP contribution < -0.4 is 9.47 Å². The Bertz CT molecular complexity index is 1210. The Balaban J connectivity index is 1.82. The fourth-order valence-corrected chi connectivity index (χ4v) is 4.14. The van der Waals surface area contributed by atoms with E-state index in [2.05, 4.69) is 20.5 Å². The number of aromatic nitrogens is 5. The first-order valence-corrected chi connectivity index (χ1v) is 10.7. The van der Waals surface area contributed by atoms with Crippen LogP contribution >= 0.6 is 11.3 Å². The molecule has 10 heteroatoms. The molecule has 0 bridgehead atoms. The molecule has 2 aromatic carbocycles. The summed E-state index contributed by atoms with van der Waals surface area (Å²) in [7, 11) is 4.94. The summed E-state index contributed by atoms with van der Waals surface area (Å²) in [5, 5.41) is 14.2. The second-order valence-electron chi connectivity index (χ2n) is 7.03. The lowest BCUT2D eigenvalue weighted by Gasteiger charge is -2.24. The SMILES string of the molecule is COc1cccc(-c2cc(C(=O)N(C)[C@@H](C)c3nccs3)cc(-n3cnnn3)c2)c1OC. The van der Waals surface area contributed by atoms with Gasteiger partial charge in [-0.15, -0.1) is 16.4 Å². The van der Waals surface area contributed by atoms with Crippen molar-refractivity contribution in [2.45, 2.75) is 13.0 Å². The van der Waals surface area contributed by atoms with E-state index in [1.165, 1.54) is 22.3 Å². The van der Waals surface area contributed by atoms with E-state index < -0.39 is 0 Å². The fraction of sp³-hybridized carbons (Fsp3) is 0.227. The first-order chi connectivity index (χ1) is 15.5. The van der Waals surface area contributed by atoms with E-state index in [0.717, 1.165) is 16.1 Å². The minimum absolute atomic E-state index is 0.147. The summed E-state index contributed by atoms with van der Waals surface area (Å²) in [4.78, 5) is 19.5. The van der Waals surface area contributed by atoms with Gasteiger partial charge < -0.3 is 14.4 Å². The molecule has 0 aliphatic carbocycles. The van der Waals surface area contributed by atoms with E-state index in [9.17, 15) is 4.79 Å². The minimum Gasteiger partial charge on any atom is -0.493 e. The van der Waals surface area contributed by atoms with Crippen LogP contribution in [-0.2, 0) is 0 Å². The number of carbonyl (C=O) groups excluding carboxylic acids is 1. The third-order valence-electron chi connectivity index (χ3n) is 5.20. The number of nitrogens with zero attached hydrogens (tertiary/aromatic N) is 6. The lowest BCUT2D eigenvalue weighted by molar-refractivity contribution is 0.0742. The van der Waals surface area contributed by atoms with Gasteiger partial charge in [0.25, 0.3) is 5.91 Å². The fourth-order valence-electron chi connectivity index (χ4n) is 3.40. The number of ether oxygens (including phenoxy) is 2. The smallest absolute Gasteiger partial charge is 0.254 e. The van der Waals surface area contributed by atoms with Crippen LogP contribution in [0.3, 0.4) is 0 Å². The Morgan fingerprint density at radius 1 is 1.19 bits per heavy atom. The molecule has 4 rings (SSSR count). The highest BCUT2D eigenvalue weighted by molar-refractivity contribution is 7.09. The van der Waals surface area contributed by atoms with Crippen molar-refractivity contribution in [3.63, 3.8) is 0 Å². The third-order valence-corrected chi connectivity index (χ3v) is 6.15. The largest absolute Gasteiger partial charge is 0.493 e. The Morgan fingerprint density at radius 3 is 2.69 bits per heavy atom. The van der Waals surface area contributed by atoms with E-state index in [1.807, 2.05) is 42.6 Å². The maximum Gasteiger partial charge on any atom is 0.254 e. The molecule has 0 aliphatic heterocycles. The Hall–Kier alpha value is -3.79. The molecule has 0 saturated carbocycles. The first-order valence-electron chi connectivity index (χ1n) is 9.79. The highest BCUT2D eigenvalue weighted by atomic mass is 32.1. The summed E-state index contributed by atoms with van der Waals surface area (Å²) in [5.41, 5.74) is 2.69. The number of carbonyl (C=O) groups is 1. The Morgan fingerprint density at radius 2 is 2.03 bits per heavy atom. The van der Waals surface area contributed by atoms with Crippen molar-refractivity contribution in [2.75, 3.05) is 21.3 Å². The van der Waals surface area contributed by atoms with Crippen LogP contribution in [0.25, 0.3) is 16.8 Å². The van der Waals surface area contributed by atoms with Crippen molar-refractivity contribution in [1.82, 2.24) is 30.1 Å². The lowest BCUT2D eigenvalue weighted by Crippen LogP contribution is -2.29. The molecular formula is C22H22N6O3S. The van der Waals surface area contributed by atoms with Gasteiger partial charge in [-0.3, -0.25) is 4.79 Å². The number of methoxy groups -OCH3 is 2. The number of hydrogen-bond donors (Lipinski definition) is 0. The molecule has 1 atom stereocenters. The molecule has 32 heavy (non-hydrogen) atoms. The molecule has 0 saturated heterocycles. The second-order valence-corrected chi connectivity index (χ2v) is 7.95. The molecule has 0 spiro atoms. The van der Waals surface area contributed by atoms with E-state index in [4.69, 9.17) is 9.47 Å². The molecule has 0 radical (unpaired) electrons. The standard InChI is InChI=1S/C22H22N6O3S/c1-14(21-23-8-9-32-21)27(2)22(29)16-10-15(11-17(12-16)28-13-24-25-26-28)18-6-5-7-19(30-3)20(18)31-4/h5-14H,1-4H3/t14-/m0/s1. The van der Waals surface area contributed by atoms with Crippen LogP contribution in [0.5, 0.6) is 11.5 Å². The van der Waals surface area contributed by atoms with Gasteiger partial charge in [-0.05, 0) is 47.2 Å².